The smallest absolute Gasteiger partial charge is 0.238 e. The minimum Gasteiger partial charge on any atom is -0.474 e. The molecule has 6 nitrogen and oxygen atoms in total. The number of aromatic nitrogens is 2. The van der Waals surface area contributed by atoms with Crippen LogP contribution in [0.1, 0.15) is 61.5 Å². The van der Waals surface area contributed by atoms with Gasteiger partial charge in [0.1, 0.15) is 12.3 Å². The number of nitrogens with zero attached hydrogens (tertiary/aromatic N) is 3. The molecule has 0 aromatic carbocycles. The fourth-order valence-corrected chi connectivity index (χ4v) is 5.30. The van der Waals surface area contributed by atoms with E-state index in [-0.39, 0.29) is 0 Å². The third kappa shape index (κ3) is 4.96. The zero-order valence-corrected chi connectivity index (χ0v) is 20.6. The van der Waals surface area contributed by atoms with Gasteiger partial charge >= 0.3 is 0 Å². The number of dihydropyridines is 1. The zero-order chi connectivity index (χ0) is 22.9. The summed E-state index contributed by atoms with van der Waals surface area (Å²) in [7, 11) is 0. The minimum absolute atomic E-state index is 0.304. The quantitative estimate of drug-likeness (QED) is 0.531. The molecule has 2 N–H and O–H groups in total. The standard InChI is InChI=1S/C27H33N5OS/c1-2-34-23-9-7-20(29-17-23)15-28-16-21-8-10-26-27(30-21)33-12-11-32(26)22-13-24(18-3-4-18)31-25(14-22)19-5-6-19/h7-10,13-14,17-20,28-29H,2-6,11-12,15-16H2,1H3. The molecular weight excluding hydrogens is 442 g/mol. The number of hydrogen-bond donors (Lipinski definition) is 2. The number of allylic oxidation sites excluding steroid dienone is 1. The first-order valence-corrected chi connectivity index (χ1v) is 13.7. The van der Waals surface area contributed by atoms with Crippen molar-refractivity contribution in [3.05, 3.63) is 64.6 Å². The molecular formula is C27H33N5OS. The predicted octanol–water partition coefficient (Wildman–Crippen LogP) is 4.97. The van der Waals surface area contributed by atoms with Gasteiger partial charge in [-0.05, 0) is 61.8 Å². The molecule has 34 heavy (non-hydrogen) atoms. The van der Waals surface area contributed by atoms with Crippen LogP contribution in [0.25, 0.3) is 0 Å². The Kier molecular flexibility index (Phi) is 6.22. The number of pyridine rings is 2. The Balaban J connectivity index is 1.13. The van der Waals surface area contributed by atoms with Gasteiger partial charge in [-0.3, -0.25) is 4.98 Å². The number of rotatable bonds is 9. The van der Waals surface area contributed by atoms with Gasteiger partial charge in [0.15, 0.2) is 0 Å². The molecule has 0 spiro atoms. The fraction of sp³-hybridized carbons (Fsp3) is 0.481. The second-order valence-corrected chi connectivity index (χ2v) is 10.9. The number of fused-ring (bicyclic) bond motifs is 1. The first kappa shape index (κ1) is 22.0. The van der Waals surface area contributed by atoms with Crippen molar-refractivity contribution in [2.24, 2.45) is 0 Å². The van der Waals surface area contributed by atoms with E-state index in [0.29, 0.717) is 24.5 Å². The van der Waals surface area contributed by atoms with Gasteiger partial charge in [0.05, 0.1) is 18.3 Å². The number of anilines is 2. The number of nitrogens with one attached hydrogen (secondary N) is 2. The maximum absolute atomic E-state index is 6.00. The maximum Gasteiger partial charge on any atom is 0.238 e. The van der Waals surface area contributed by atoms with Crippen LogP contribution in [0.3, 0.4) is 0 Å². The van der Waals surface area contributed by atoms with Crippen LogP contribution in [0.15, 0.2) is 47.5 Å². The molecule has 0 radical (unpaired) electrons. The van der Waals surface area contributed by atoms with E-state index in [4.69, 9.17) is 14.7 Å². The molecule has 1 atom stereocenters. The van der Waals surface area contributed by atoms with Gasteiger partial charge in [0.25, 0.3) is 0 Å². The van der Waals surface area contributed by atoms with E-state index in [2.05, 4.69) is 65.1 Å². The fourth-order valence-electron chi connectivity index (χ4n) is 4.64. The molecule has 0 bridgehead atoms. The highest BCUT2D eigenvalue weighted by Gasteiger charge is 2.31. The molecule has 2 fully saturated rings. The number of hydrogen-bond acceptors (Lipinski definition) is 7. The van der Waals surface area contributed by atoms with Crippen molar-refractivity contribution in [3.8, 4) is 5.88 Å². The van der Waals surface area contributed by atoms with E-state index in [1.807, 2.05) is 11.8 Å². The third-order valence-electron chi connectivity index (χ3n) is 6.81. The van der Waals surface area contributed by atoms with Crippen LogP contribution in [0.5, 0.6) is 5.88 Å². The molecule has 0 saturated heterocycles. The molecule has 1 unspecified atom stereocenters. The van der Waals surface area contributed by atoms with Gasteiger partial charge in [0.2, 0.25) is 5.88 Å². The molecule has 7 heteroatoms. The van der Waals surface area contributed by atoms with Crippen LogP contribution in [-0.4, -0.2) is 41.5 Å². The number of thioether (sulfide) groups is 1. The lowest BCUT2D eigenvalue weighted by Gasteiger charge is -2.31. The van der Waals surface area contributed by atoms with E-state index in [1.165, 1.54) is 47.7 Å². The van der Waals surface area contributed by atoms with E-state index >= 15 is 0 Å². The average Bonchev–Trinajstić information content (AvgIpc) is 3.78. The third-order valence-corrected chi connectivity index (χ3v) is 7.68. The summed E-state index contributed by atoms with van der Waals surface area (Å²) < 4.78 is 6.00. The topological polar surface area (TPSA) is 62.3 Å². The summed E-state index contributed by atoms with van der Waals surface area (Å²) in [6.45, 7) is 5.24. The maximum atomic E-state index is 6.00. The summed E-state index contributed by atoms with van der Waals surface area (Å²) in [5.41, 5.74) is 5.88. The Morgan fingerprint density at radius 3 is 2.59 bits per heavy atom. The van der Waals surface area contributed by atoms with Crippen molar-refractivity contribution in [3.63, 3.8) is 0 Å². The summed E-state index contributed by atoms with van der Waals surface area (Å²) in [6, 6.07) is 9.20. The van der Waals surface area contributed by atoms with Crippen molar-refractivity contribution < 1.29 is 4.74 Å². The highest BCUT2D eigenvalue weighted by atomic mass is 32.2. The van der Waals surface area contributed by atoms with Gasteiger partial charge < -0.3 is 20.3 Å². The second kappa shape index (κ2) is 9.62. The van der Waals surface area contributed by atoms with Crippen LogP contribution < -0.4 is 20.3 Å². The van der Waals surface area contributed by atoms with E-state index in [1.54, 1.807) is 0 Å². The second-order valence-electron chi connectivity index (χ2n) is 9.59. The van der Waals surface area contributed by atoms with Crippen LogP contribution in [0.2, 0.25) is 0 Å². The van der Waals surface area contributed by atoms with Crippen molar-refractivity contribution in [1.82, 2.24) is 20.6 Å². The van der Waals surface area contributed by atoms with Crippen molar-refractivity contribution in [2.45, 2.75) is 57.0 Å². The molecule has 0 amide bonds. The van der Waals surface area contributed by atoms with Crippen molar-refractivity contribution >= 4 is 23.1 Å². The van der Waals surface area contributed by atoms with Crippen molar-refractivity contribution in [1.29, 1.82) is 0 Å². The Morgan fingerprint density at radius 2 is 1.91 bits per heavy atom. The Hall–Kier alpha value is -2.51. The highest BCUT2D eigenvalue weighted by molar-refractivity contribution is 8.03. The van der Waals surface area contributed by atoms with Crippen LogP contribution >= 0.6 is 11.8 Å². The molecule has 2 aromatic heterocycles. The first-order valence-electron chi connectivity index (χ1n) is 12.7. The lowest BCUT2D eigenvalue weighted by molar-refractivity contribution is 0.300. The zero-order valence-electron chi connectivity index (χ0n) is 19.8. The van der Waals surface area contributed by atoms with Gasteiger partial charge in [-0.2, -0.15) is 0 Å². The van der Waals surface area contributed by atoms with E-state index in [9.17, 15) is 0 Å². The van der Waals surface area contributed by atoms with Crippen LogP contribution in [-0.2, 0) is 6.54 Å². The SMILES string of the molecule is CCSC1=CNC(CNCc2ccc3c(n2)OCCN3c2cc(C3CC3)nc(C3CC3)c2)C=C1. The normalized spacial score (nSPS) is 21.5. The largest absolute Gasteiger partial charge is 0.474 e. The molecule has 4 aliphatic rings. The van der Waals surface area contributed by atoms with Gasteiger partial charge in [-0.25, -0.2) is 4.98 Å². The van der Waals surface area contributed by atoms with Crippen molar-refractivity contribution in [2.75, 3.05) is 30.3 Å². The molecule has 2 aliphatic carbocycles. The first-order chi connectivity index (χ1) is 16.8. The lowest BCUT2D eigenvalue weighted by Crippen LogP contribution is -2.35. The highest BCUT2D eigenvalue weighted by Crippen LogP contribution is 2.46. The molecule has 178 valence electrons. The van der Waals surface area contributed by atoms with Gasteiger partial charge in [-0.15, -0.1) is 11.8 Å². The monoisotopic (exact) mass is 475 g/mol. The number of ether oxygens (including phenoxy) is 1. The lowest BCUT2D eigenvalue weighted by atomic mass is 10.1. The molecule has 6 rings (SSSR count). The van der Waals surface area contributed by atoms with Crippen LogP contribution in [0.4, 0.5) is 11.4 Å². The summed E-state index contributed by atoms with van der Waals surface area (Å²) in [4.78, 5) is 13.5. The Labute approximate surface area is 206 Å². The van der Waals surface area contributed by atoms with E-state index < -0.39 is 0 Å². The van der Waals surface area contributed by atoms with Crippen LogP contribution in [0, 0.1) is 0 Å². The minimum atomic E-state index is 0.304. The van der Waals surface area contributed by atoms with E-state index in [0.717, 1.165) is 42.6 Å². The summed E-state index contributed by atoms with van der Waals surface area (Å²) in [5, 5.41) is 6.99. The Bertz CT molecular complexity index is 1080. The summed E-state index contributed by atoms with van der Waals surface area (Å²) >= 11 is 1.86. The predicted molar refractivity (Wildman–Crippen MR) is 139 cm³/mol. The molecule has 2 aromatic rings. The van der Waals surface area contributed by atoms with Gasteiger partial charge in [0, 0.05) is 53.1 Å². The average molecular weight is 476 g/mol. The molecule has 4 heterocycles. The Morgan fingerprint density at radius 1 is 1.12 bits per heavy atom. The molecule has 2 aliphatic heterocycles. The van der Waals surface area contributed by atoms with Gasteiger partial charge in [-0.1, -0.05) is 13.0 Å². The summed E-state index contributed by atoms with van der Waals surface area (Å²) in [5.74, 6) is 3.15. The molecule has 2 saturated carbocycles. The summed E-state index contributed by atoms with van der Waals surface area (Å²) in [6.07, 6.45) is 11.7.